The molecule has 0 unspecified atom stereocenters. The monoisotopic (exact) mass is 533 g/mol. The van der Waals surface area contributed by atoms with Crippen molar-refractivity contribution >= 4 is 34.5 Å². The zero-order chi connectivity index (χ0) is 28.5. The zero-order valence-electron chi connectivity index (χ0n) is 21.1. The van der Waals surface area contributed by atoms with Gasteiger partial charge in [0.25, 0.3) is 11.8 Å². The number of rotatable bonds is 6. The Hall–Kier alpha value is -5.05. The summed E-state index contributed by atoms with van der Waals surface area (Å²) in [5.41, 5.74) is 4.78. The summed E-state index contributed by atoms with van der Waals surface area (Å²) in [6.45, 7) is 3.01. The van der Waals surface area contributed by atoms with Crippen LogP contribution in [0.2, 0.25) is 0 Å². The molecule has 12 heteroatoms. The van der Waals surface area contributed by atoms with Crippen LogP contribution in [-0.2, 0) is 12.7 Å². The fourth-order valence-electron chi connectivity index (χ4n) is 4.28. The maximum absolute atomic E-state index is 14.2. The van der Waals surface area contributed by atoms with Gasteiger partial charge in [-0.15, -0.1) is 0 Å². The summed E-state index contributed by atoms with van der Waals surface area (Å²) < 4.78 is 43.6. The second-order valence-electron chi connectivity index (χ2n) is 8.59. The number of carbonyl (C=O) groups is 2. The third-order valence-corrected chi connectivity index (χ3v) is 6.01. The van der Waals surface area contributed by atoms with E-state index in [4.69, 9.17) is 11.0 Å². The van der Waals surface area contributed by atoms with Crippen molar-refractivity contribution in [2.24, 2.45) is 5.73 Å². The number of nitriles is 1. The first-order valence-electron chi connectivity index (χ1n) is 11.6. The molecule has 3 aromatic heterocycles. The van der Waals surface area contributed by atoms with Crippen molar-refractivity contribution in [2.75, 3.05) is 11.9 Å². The van der Waals surface area contributed by atoms with E-state index < -0.39 is 29.4 Å². The number of amides is 2. The summed E-state index contributed by atoms with van der Waals surface area (Å²) >= 11 is 0. The van der Waals surface area contributed by atoms with E-state index in [-0.39, 0.29) is 34.7 Å². The van der Waals surface area contributed by atoms with Crippen molar-refractivity contribution in [1.82, 2.24) is 19.7 Å². The van der Waals surface area contributed by atoms with Crippen LogP contribution >= 0.6 is 0 Å². The molecule has 198 valence electrons. The Morgan fingerprint density at radius 1 is 1.18 bits per heavy atom. The van der Waals surface area contributed by atoms with Crippen LogP contribution < -0.4 is 10.6 Å². The van der Waals surface area contributed by atoms with Crippen molar-refractivity contribution in [3.63, 3.8) is 0 Å². The maximum Gasteiger partial charge on any atom is 0.437 e. The lowest BCUT2D eigenvalue weighted by Crippen LogP contribution is -2.29. The van der Waals surface area contributed by atoms with Gasteiger partial charge in [0.2, 0.25) is 0 Å². The molecular weight excluding hydrogens is 511 g/mol. The first-order valence-corrected chi connectivity index (χ1v) is 11.6. The largest absolute Gasteiger partial charge is 0.437 e. The molecule has 0 aliphatic carbocycles. The Labute approximate surface area is 221 Å². The van der Waals surface area contributed by atoms with Crippen LogP contribution in [0.1, 0.15) is 56.1 Å². The molecule has 9 nitrogen and oxygen atoms in total. The highest BCUT2D eigenvalue weighted by molar-refractivity contribution is 6.16. The standard InChI is InChI=1S/C27H22F3N7O2/c1-4-7-16-8-5-11-20-22(16)19(12-21(34-20)25(32)38)26(39)36(3)23-15(2)37(35-24(23)27(28,29)30)14-18-10-6-9-17(13-31)33-18/h4-12H,14H2,1-3H3,(H2,32,38)/b7-4+. The predicted molar refractivity (Wildman–Crippen MR) is 138 cm³/mol. The SMILES string of the molecule is C/C=C/c1cccc2nc(C(N)=O)cc(C(=O)N(C)c3c(C(F)(F)F)nn(Cc4cccc(C#N)n4)c3C)c12. The molecule has 0 saturated heterocycles. The van der Waals surface area contributed by atoms with Gasteiger partial charge in [-0.25, -0.2) is 9.97 Å². The average molecular weight is 534 g/mol. The van der Waals surface area contributed by atoms with Gasteiger partial charge in [0.1, 0.15) is 17.5 Å². The van der Waals surface area contributed by atoms with Crippen LogP contribution in [0.5, 0.6) is 0 Å². The molecule has 2 N–H and O–H groups in total. The fraction of sp³-hybridized carbons (Fsp3) is 0.185. The number of benzene rings is 1. The van der Waals surface area contributed by atoms with Gasteiger partial charge >= 0.3 is 6.18 Å². The highest BCUT2D eigenvalue weighted by Gasteiger charge is 2.41. The van der Waals surface area contributed by atoms with Crippen molar-refractivity contribution < 1.29 is 22.8 Å². The minimum Gasteiger partial charge on any atom is -0.364 e. The molecule has 2 amide bonds. The molecule has 3 heterocycles. The minimum atomic E-state index is -4.89. The van der Waals surface area contributed by atoms with E-state index in [0.717, 1.165) is 9.58 Å². The summed E-state index contributed by atoms with van der Waals surface area (Å²) in [7, 11) is 1.20. The molecule has 0 atom stereocenters. The zero-order valence-corrected chi connectivity index (χ0v) is 21.1. The Morgan fingerprint density at radius 3 is 2.54 bits per heavy atom. The number of hydrogen-bond donors (Lipinski definition) is 1. The van der Waals surface area contributed by atoms with Crippen LogP contribution in [0.15, 0.2) is 48.5 Å². The number of allylic oxidation sites excluding steroid dienone is 1. The summed E-state index contributed by atoms with van der Waals surface area (Å²) in [5.74, 6) is -1.71. The first-order chi connectivity index (χ1) is 18.5. The molecule has 4 rings (SSSR count). The maximum atomic E-state index is 14.2. The van der Waals surface area contributed by atoms with Crippen molar-refractivity contribution in [2.45, 2.75) is 26.6 Å². The molecular formula is C27H22F3N7O2. The first kappa shape index (κ1) is 27.0. The van der Waals surface area contributed by atoms with E-state index in [0.29, 0.717) is 16.6 Å². The fourth-order valence-corrected chi connectivity index (χ4v) is 4.28. The van der Waals surface area contributed by atoms with Gasteiger partial charge in [-0.3, -0.25) is 14.3 Å². The number of halogens is 3. The normalized spacial score (nSPS) is 11.6. The van der Waals surface area contributed by atoms with Gasteiger partial charge in [-0.05, 0) is 43.7 Å². The van der Waals surface area contributed by atoms with Crippen LogP contribution in [0.4, 0.5) is 18.9 Å². The van der Waals surface area contributed by atoms with Gasteiger partial charge in [0.15, 0.2) is 5.69 Å². The third kappa shape index (κ3) is 5.19. The number of primary amides is 1. The minimum absolute atomic E-state index is 0.0458. The van der Waals surface area contributed by atoms with E-state index in [1.807, 2.05) is 6.07 Å². The van der Waals surface area contributed by atoms with Crippen molar-refractivity contribution in [1.29, 1.82) is 5.26 Å². The van der Waals surface area contributed by atoms with E-state index in [1.165, 1.54) is 26.1 Å². The van der Waals surface area contributed by atoms with Crippen LogP contribution in [0.25, 0.3) is 17.0 Å². The van der Waals surface area contributed by atoms with Gasteiger partial charge < -0.3 is 10.6 Å². The van der Waals surface area contributed by atoms with Crippen molar-refractivity contribution in [3.05, 3.63) is 88.1 Å². The molecule has 0 aliphatic rings. The lowest BCUT2D eigenvalue weighted by molar-refractivity contribution is -0.141. The molecule has 0 fully saturated rings. The molecule has 1 aromatic carbocycles. The predicted octanol–water partition coefficient (Wildman–Crippen LogP) is 4.48. The number of carbonyl (C=O) groups excluding carboxylic acids is 2. The van der Waals surface area contributed by atoms with E-state index in [2.05, 4.69) is 15.1 Å². The van der Waals surface area contributed by atoms with Gasteiger partial charge in [0.05, 0.1) is 34.7 Å². The molecule has 0 aliphatic heterocycles. The highest BCUT2D eigenvalue weighted by Crippen LogP contribution is 2.38. The van der Waals surface area contributed by atoms with Crippen LogP contribution in [0.3, 0.4) is 0 Å². The van der Waals surface area contributed by atoms with E-state index >= 15 is 0 Å². The smallest absolute Gasteiger partial charge is 0.364 e. The van der Waals surface area contributed by atoms with Crippen molar-refractivity contribution in [3.8, 4) is 6.07 Å². The summed E-state index contributed by atoms with van der Waals surface area (Å²) in [5, 5.41) is 13.2. The molecule has 0 spiro atoms. The Balaban J connectivity index is 1.89. The average Bonchev–Trinajstić information content (AvgIpc) is 3.23. The topological polar surface area (TPSA) is 131 Å². The van der Waals surface area contributed by atoms with Crippen LogP contribution in [-0.4, -0.2) is 38.6 Å². The number of nitrogens with two attached hydrogens (primary N) is 1. The lowest BCUT2D eigenvalue weighted by Gasteiger charge is -2.21. The number of alkyl halides is 3. The van der Waals surface area contributed by atoms with Gasteiger partial charge in [0, 0.05) is 12.4 Å². The van der Waals surface area contributed by atoms with Gasteiger partial charge in [-0.1, -0.05) is 30.4 Å². The summed E-state index contributed by atoms with van der Waals surface area (Å²) in [4.78, 5) is 35.0. The Kier molecular flexibility index (Phi) is 7.18. The quantitative estimate of drug-likeness (QED) is 0.389. The second-order valence-corrected chi connectivity index (χ2v) is 8.59. The molecule has 0 saturated carbocycles. The second kappa shape index (κ2) is 10.4. The number of fused-ring (bicyclic) bond motifs is 1. The lowest BCUT2D eigenvalue weighted by atomic mass is 10.00. The third-order valence-electron chi connectivity index (χ3n) is 6.01. The van der Waals surface area contributed by atoms with E-state index in [9.17, 15) is 22.8 Å². The van der Waals surface area contributed by atoms with E-state index in [1.54, 1.807) is 49.4 Å². The number of hydrogen-bond acceptors (Lipinski definition) is 6. The van der Waals surface area contributed by atoms with Crippen LogP contribution in [0, 0.1) is 18.3 Å². The number of nitrogens with zero attached hydrogens (tertiary/aromatic N) is 6. The summed E-state index contributed by atoms with van der Waals surface area (Å²) in [6, 6.07) is 12.6. The number of anilines is 1. The molecule has 0 bridgehead atoms. The summed E-state index contributed by atoms with van der Waals surface area (Å²) in [6.07, 6.45) is -1.44. The Morgan fingerprint density at radius 2 is 1.90 bits per heavy atom. The Bertz CT molecular complexity index is 1680. The van der Waals surface area contributed by atoms with Gasteiger partial charge in [-0.2, -0.15) is 23.5 Å². The highest BCUT2D eigenvalue weighted by atomic mass is 19.4. The molecule has 0 radical (unpaired) electrons. The number of aromatic nitrogens is 4. The number of pyridine rings is 2. The molecule has 39 heavy (non-hydrogen) atoms. The molecule has 4 aromatic rings.